The van der Waals surface area contributed by atoms with Gasteiger partial charge in [0.1, 0.15) is 0 Å². The third-order valence-electron chi connectivity index (χ3n) is 4.21. The maximum atomic E-state index is 12.3. The van der Waals surface area contributed by atoms with Gasteiger partial charge in [0, 0.05) is 17.6 Å². The maximum absolute atomic E-state index is 12.3. The molecule has 7 nitrogen and oxygen atoms in total. The second kappa shape index (κ2) is 8.50. The molecule has 0 unspecified atom stereocenters. The first-order valence-electron chi connectivity index (χ1n) is 8.78. The molecule has 2 aromatic heterocycles. The summed E-state index contributed by atoms with van der Waals surface area (Å²) in [5.74, 6) is 0.325. The summed E-state index contributed by atoms with van der Waals surface area (Å²) < 4.78 is 1.74. The van der Waals surface area contributed by atoms with Crippen molar-refractivity contribution in [1.29, 1.82) is 0 Å². The van der Waals surface area contributed by atoms with E-state index in [1.54, 1.807) is 10.5 Å². The van der Waals surface area contributed by atoms with E-state index in [9.17, 15) is 9.59 Å². The Labute approximate surface area is 175 Å². The summed E-state index contributed by atoms with van der Waals surface area (Å²) in [6.45, 7) is 0.349. The van der Waals surface area contributed by atoms with E-state index in [1.807, 2.05) is 48.5 Å². The van der Waals surface area contributed by atoms with E-state index in [2.05, 4.69) is 20.5 Å². The topological polar surface area (TPSA) is 92.2 Å². The number of H-pyrrole nitrogens is 1. The highest BCUT2D eigenvalue weighted by Gasteiger charge is 2.15. The van der Waals surface area contributed by atoms with Crippen molar-refractivity contribution in [2.24, 2.45) is 0 Å². The minimum absolute atomic E-state index is 0.151. The zero-order valence-corrected chi connectivity index (χ0v) is 16.7. The fraction of sp³-hybridized carbons (Fsp3) is 0.100. The molecule has 0 spiro atoms. The predicted octanol–water partition coefficient (Wildman–Crippen LogP) is 3.15. The number of nitrogens with one attached hydrogen (secondary N) is 2. The van der Waals surface area contributed by atoms with Gasteiger partial charge in [0.2, 0.25) is 11.7 Å². The Balaban J connectivity index is 1.52. The molecule has 9 heteroatoms. The van der Waals surface area contributed by atoms with Crippen molar-refractivity contribution in [2.75, 3.05) is 5.75 Å². The number of benzene rings is 2. The Hall–Kier alpha value is -3.10. The second-order valence-electron chi connectivity index (χ2n) is 6.18. The summed E-state index contributed by atoms with van der Waals surface area (Å²) >= 11 is 7.35. The van der Waals surface area contributed by atoms with Gasteiger partial charge in [0.15, 0.2) is 5.16 Å². The van der Waals surface area contributed by atoms with Gasteiger partial charge in [-0.3, -0.25) is 19.0 Å². The largest absolute Gasteiger partial charge is 0.351 e. The van der Waals surface area contributed by atoms with Crippen molar-refractivity contribution in [3.63, 3.8) is 0 Å². The number of aromatic amines is 1. The van der Waals surface area contributed by atoms with Gasteiger partial charge >= 0.3 is 0 Å². The lowest BCUT2D eigenvalue weighted by atomic mass is 10.1. The van der Waals surface area contributed by atoms with E-state index in [0.29, 0.717) is 28.2 Å². The summed E-state index contributed by atoms with van der Waals surface area (Å²) in [5, 5.41) is 12.1. The molecule has 0 saturated carbocycles. The maximum Gasteiger partial charge on any atom is 0.252 e. The molecule has 0 aliphatic carbocycles. The number of aromatic nitrogens is 4. The molecule has 0 atom stereocenters. The second-order valence-corrected chi connectivity index (χ2v) is 7.53. The van der Waals surface area contributed by atoms with Crippen molar-refractivity contribution in [3.05, 3.63) is 81.6 Å². The van der Waals surface area contributed by atoms with Crippen LogP contribution in [0.25, 0.3) is 17.0 Å². The van der Waals surface area contributed by atoms with Crippen LogP contribution in [0.4, 0.5) is 0 Å². The first-order chi connectivity index (χ1) is 14.1. The molecule has 0 saturated heterocycles. The quantitative estimate of drug-likeness (QED) is 0.463. The number of thioether (sulfide) groups is 1. The Morgan fingerprint density at radius 2 is 1.86 bits per heavy atom. The number of nitrogens with zero attached hydrogens (tertiary/aromatic N) is 3. The molecule has 2 N–H and O–H groups in total. The van der Waals surface area contributed by atoms with Crippen LogP contribution in [0.2, 0.25) is 5.02 Å². The summed E-state index contributed by atoms with van der Waals surface area (Å²) in [7, 11) is 0. The molecule has 0 aliphatic heterocycles. The van der Waals surface area contributed by atoms with E-state index in [-0.39, 0.29) is 17.2 Å². The Bertz CT molecular complexity index is 1220. The standard InChI is InChI=1S/C20H16ClN5O2S/c21-15-9-5-4-8-14(15)11-22-18(28)12-29-20-25-24-19-23-17(27)10-16(26(19)20)13-6-2-1-3-7-13/h1-10H,11-12H2,(H,22,28)(H,23,24,27). The van der Waals surface area contributed by atoms with Crippen molar-refractivity contribution in [3.8, 4) is 11.3 Å². The van der Waals surface area contributed by atoms with Crippen LogP contribution < -0.4 is 10.9 Å². The van der Waals surface area contributed by atoms with Crippen LogP contribution in [0.5, 0.6) is 0 Å². The van der Waals surface area contributed by atoms with E-state index in [1.165, 1.54) is 17.8 Å². The smallest absolute Gasteiger partial charge is 0.252 e. The lowest BCUT2D eigenvalue weighted by molar-refractivity contribution is -0.118. The molecule has 0 bridgehead atoms. The highest BCUT2D eigenvalue weighted by atomic mass is 35.5. The average molecular weight is 426 g/mol. The van der Waals surface area contributed by atoms with Crippen molar-refractivity contribution in [2.45, 2.75) is 11.7 Å². The number of halogens is 1. The minimum Gasteiger partial charge on any atom is -0.351 e. The van der Waals surface area contributed by atoms with Crippen molar-refractivity contribution >= 4 is 35.0 Å². The van der Waals surface area contributed by atoms with Gasteiger partial charge in [-0.1, -0.05) is 71.9 Å². The lowest BCUT2D eigenvalue weighted by Crippen LogP contribution is -2.24. The molecule has 4 rings (SSSR count). The van der Waals surface area contributed by atoms with Gasteiger partial charge in [0.25, 0.3) is 5.56 Å². The molecule has 0 radical (unpaired) electrons. The van der Waals surface area contributed by atoms with Gasteiger partial charge in [-0.15, -0.1) is 10.2 Å². The monoisotopic (exact) mass is 425 g/mol. The Morgan fingerprint density at radius 3 is 2.66 bits per heavy atom. The van der Waals surface area contributed by atoms with Crippen LogP contribution in [0, 0.1) is 0 Å². The number of rotatable bonds is 6. The average Bonchev–Trinajstić information content (AvgIpc) is 3.14. The van der Waals surface area contributed by atoms with Crippen LogP contribution in [0.1, 0.15) is 5.56 Å². The van der Waals surface area contributed by atoms with Gasteiger partial charge in [-0.05, 0) is 17.2 Å². The lowest BCUT2D eigenvalue weighted by Gasteiger charge is -2.08. The van der Waals surface area contributed by atoms with Gasteiger partial charge in [-0.25, -0.2) is 0 Å². The molecule has 2 heterocycles. The first-order valence-corrected chi connectivity index (χ1v) is 10.1. The van der Waals surface area contributed by atoms with Crippen molar-refractivity contribution < 1.29 is 4.79 Å². The molecule has 0 fully saturated rings. The van der Waals surface area contributed by atoms with E-state index >= 15 is 0 Å². The Kier molecular flexibility index (Phi) is 5.64. The Morgan fingerprint density at radius 1 is 1.10 bits per heavy atom. The normalized spacial score (nSPS) is 10.9. The molecular weight excluding hydrogens is 410 g/mol. The SMILES string of the molecule is O=C(CSc1nnc2[nH]c(=O)cc(-c3ccccc3)n12)NCc1ccccc1Cl. The molecule has 4 aromatic rings. The summed E-state index contributed by atoms with van der Waals surface area (Å²) in [6.07, 6.45) is 0. The summed E-state index contributed by atoms with van der Waals surface area (Å²) in [5.41, 5.74) is 2.10. The number of amides is 1. The molecule has 1 amide bonds. The van der Waals surface area contributed by atoms with Crippen LogP contribution in [-0.4, -0.2) is 31.2 Å². The van der Waals surface area contributed by atoms with Gasteiger partial charge in [-0.2, -0.15) is 0 Å². The highest BCUT2D eigenvalue weighted by Crippen LogP contribution is 2.23. The minimum atomic E-state index is -0.266. The number of carbonyl (C=O) groups is 1. The molecule has 0 aliphatic rings. The van der Waals surface area contributed by atoms with Crippen LogP contribution in [-0.2, 0) is 11.3 Å². The van der Waals surface area contributed by atoms with Crippen LogP contribution in [0.3, 0.4) is 0 Å². The number of fused-ring (bicyclic) bond motifs is 1. The number of hydrogen-bond donors (Lipinski definition) is 2. The number of hydrogen-bond acceptors (Lipinski definition) is 5. The first kappa shape index (κ1) is 19.2. The van der Waals surface area contributed by atoms with Crippen LogP contribution >= 0.6 is 23.4 Å². The molecule has 2 aromatic carbocycles. The fourth-order valence-electron chi connectivity index (χ4n) is 2.83. The highest BCUT2D eigenvalue weighted by molar-refractivity contribution is 7.99. The summed E-state index contributed by atoms with van der Waals surface area (Å²) in [4.78, 5) is 26.9. The number of carbonyl (C=O) groups excluding carboxylic acids is 1. The molecule has 146 valence electrons. The molecule has 29 heavy (non-hydrogen) atoms. The third-order valence-corrected chi connectivity index (χ3v) is 5.51. The zero-order chi connectivity index (χ0) is 20.2. The van der Waals surface area contributed by atoms with Crippen molar-refractivity contribution in [1.82, 2.24) is 24.9 Å². The van der Waals surface area contributed by atoms with Crippen LogP contribution in [0.15, 0.2) is 70.6 Å². The fourth-order valence-corrected chi connectivity index (χ4v) is 3.81. The third kappa shape index (κ3) is 4.33. The van der Waals surface area contributed by atoms with Gasteiger partial charge in [0.05, 0.1) is 11.4 Å². The van der Waals surface area contributed by atoms with E-state index < -0.39 is 0 Å². The predicted molar refractivity (Wildman–Crippen MR) is 113 cm³/mol. The molecular formula is C20H16ClN5O2S. The van der Waals surface area contributed by atoms with Gasteiger partial charge < -0.3 is 5.32 Å². The van der Waals surface area contributed by atoms with E-state index in [0.717, 1.165) is 11.1 Å². The summed E-state index contributed by atoms with van der Waals surface area (Å²) in [6, 6.07) is 18.3. The van der Waals surface area contributed by atoms with E-state index in [4.69, 9.17) is 11.6 Å². The zero-order valence-electron chi connectivity index (χ0n) is 15.1.